The van der Waals surface area contributed by atoms with E-state index in [1.807, 2.05) is 6.92 Å². The van der Waals surface area contributed by atoms with E-state index in [0.29, 0.717) is 12.8 Å². The second-order valence-electron chi connectivity index (χ2n) is 2.38. The van der Waals surface area contributed by atoms with Crippen molar-refractivity contribution in [2.24, 2.45) is 0 Å². The van der Waals surface area contributed by atoms with E-state index in [1.165, 1.54) is 0 Å². The molecule has 0 amide bonds. The summed E-state index contributed by atoms with van der Waals surface area (Å²) in [6, 6.07) is 0. The van der Waals surface area contributed by atoms with Crippen molar-refractivity contribution in [2.75, 3.05) is 0 Å². The molecule has 0 aliphatic rings. The van der Waals surface area contributed by atoms with E-state index in [0.717, 1.165) is 6.92 Å². The minimum atomic E-state index is -2.62. The molecule has 0 bridgehead atoms. The standard InChI is InChI=1S/C8H14F2/c1-4-6-7(5-2)8(3,9)10/h6H,4-5H2,1-3H3/b7-6-. The number of alkyl halides is 2. The lowest BCUT2D eigenvalue weighted by Crippen LogP contribution is -2.12. The van der Waals surface area contributed by atoms with Crippen molar-refractivity contribution in [3.63, 3.8) is 0 Å². The Balaban J connectivity index is 4.21. The molecule has 0 heterocycles. The third-order valence-corrected chi connectivity index (χ3v) is 1.40. The van der Waals surface area contributed by atoms with Gasteiger partial charge in [0.2, 0.25) is 0 Å². The minimum absolute atomic E-state index is 0.245. The lowest BCUT2D eigenvalue weighted by molar-refractivity contribution is 0.0600. The molecule has 0 aliphatic carbocycles. The van der Waals surface area contributed by atoms with Gasteiger partial charge < -0.3 is 0 Å². The maximum Gasteiger partial charge on any atom is 0.266 e. The van der Waals surface area contributed by atoms with Gasteiger partial charge in [-0.25, -0.2) is 8.78 Å². The van der Waals surface area contributed by atoms with Crippen molar-refractivity contribution in [1.29, 1.82) is 0 Å². The number of hydrogen-bond donors (Lipinski definition) is 0. The van der Waals surface area contributed by atoms with Gasteiger partial charge in [-0.2, -0.15) is 0 Å². The molecule has 0 atom stereocenters. The summed E-state index contributed by atoms with van der Waals surface area (Å²) in [6.45, 7) is 4.55. The molecule has 0 saturated carbocycles. The van der Waals surface area contributed by atoms with Crippen LogP contribution in [0.25, 0.3) is 0 Å². The van der Waals surface area contributed by atoms with Gasteiger partial charge in [0.05, 0.1) is 0 Å². The Labute approximate surface area is 60.9 Å². The monoisotopic (exact) mass is 148 g/mol. The van der Waals surface area contributed by atoms with Crippen LogP contribution in [0, 0.1) is 0 Å². The van der Waals surface area contributed by atoms with Gasteiger partial charge >= 0.3 is 0 Å². The highest BCUT2D eigenvalue weighted by molar-refractivity contribution is 5.09. The summed E-state index contributed by atoms with van der Waals surface area (Å²) in [5.74, 6) is -2.62. The Morgan fingerprint density at radius 1 is 1.40 bits per heavy atom. The summed E-state index contributed by atoms with van der Waals surface area (Å²) in [7, 11) is 0. The molecule has 0 fully saturated rings. The van der Waals surface area contributed by atoms with Crippen LogP contribution in [-0.4, -0.2) is 5.92 Å². The first-order chi connectivity index (χ1) is 4.52. The van der Waals surface area contributed by atoms with Gasteiger partial charge in [0, 0.05) is 6.92 Å². The Kier molecular flexibility index (Phi) is 3.54. The van der Waals surface area contributed by atoms with Gasteiger partial charge in [-0.1, -0.05) is 19.9 Å². The fourth-order valence-corrected chi connectivity index (χ4v) is 0.880. The summed E-state index contributed by atoms with van der Waals surface area (Å²) in [4.78, 5) is 0. The highest BCUT2D eigenvalue weighted by atomic mass is 19.3. The van der Waals surface area contributed by atoms with E-state index >= 15 is 0 Å². The van der Waals surface area contributed by atoms with Crippen molar-refractivity contribution in [1.82, 2.24) is 0 Å². The Bertz CT molecular complexity index is 120. The molecule has 0 spiro atoms. The average molecular weight is 148 g/mol. The van der Waals surface area contributed by atoms with Crippen LogP contribution in [0.15, 0.2) is 11.6 Å². The minimum Gasteiger partial charge on any atom is -0.202 e. The molecule has 0 radical (unpaired) electrons. The second kappa shape index (κ2) is 3.69. The van der Waals surface area contributed by atoms with Gasteiger partial charge in [0.1, 0.15) is 0 Å². The van der Waals surface area contributed by atoms with E-state index in [9.17, 15) is 8.78 Å². The van der Waals surface area contributed by atoms with Crippen LogP contribution < -0.4 is 0 Å². The van der Waals surface area contributed by atoms with E-state index in [1.54, 1.807) is 13.0 Å². The van der Waals surface area contributed by atoms with Gasteiger partial charge in [0.15, 0.2) is 0 Å². The summed E-state index contributed by atoms with van der Waals surface area (Å²) in [6.07, 6.45) is 2.73. The Hall–Kier alpha value is -0.400. The molecule has 0 rings (SSSR count). The van der Waals surface area contributed by atoms with E-state index in [2.05, 4.69) is 0 Å². The van der Waals surface area contributed by atoms with Gasteiger partial charge in [-0.05, 0) is 18.4 Å². The van der Waals surface area contributed by atoms with E-state index < -0.39 is 5.92 Å². The molecular weight excluding hydrogens is 134 g/mol. The number of halogens is 2. The van der Waals surface area contributed by atoms with Crippen molar-refractivity contribution in [2.45, 2.75) is 39.5 Å². The topological polar surface area (TPSA) is 0 Å². The second-order valence-corrected chi connectivity index (χ2v) is 2.38. The van der Waals surface area contributed by atoms with Crippen LogP contribution >= 0.6 is 0 Å². The smallest absolute Gasteiger partial charge is 0.202 e. The first-order valence-corrected chi connectivity index (χ1v) is 3.59. The number of hydrogen-bond acceptors (Lipinski definition) is 0. The highest BCUT2D eigenvalue weighted by Crippen LogP contribution is 2.25. The molecule has 0 saturated heterocycles. The zero-order chi connectivity index (χ0) is 8.20. The summed E-state index contributed by atoms with van der Waals surface area (Å²) in [5, 5.41) is 0. The highest BCUT2D eigenvalue weighted by Gasteiger charge is 2.24. The van der Waals surface area contributed by atoms with Crippen LogP contribution in [0.3, 0.4) is 0 Å². The van der Waals surface area contributed by atoms with Crippen LogP contribution in [0.4, 0.5) is 8.78 Å². The maximum absolute atomic E-state index is 12.5. The Morgan fingerprint density at radius 2 is 1.90 bits per heavy atom. The van der Waals surface area contributed by atoms with Crippen LogP contribution in [0.5, 0.6) is 0 Å². The van der Waals surface area contributed by atoms with Gasteiger partial charge in [-0.15, -0.1) is 0 Å². The van der Waals surface area contributed by atoms with Crippen LogP contribution in [-0.2, 0) is 0 Å². The Morgan fingerprint density at radius 3 is 2.00 bits per heavy atom. The quantitative estimate of drug-likeness (QED) is 0.538. The molecule has 0 unspecified atom stereocenters. The summed E-state index contributed by atoms with van der Waals surface area (Å²) >= 11 is 0. The summed E-state index contributed by atoms with van der Waals surface area (Å²) < 4.78 is 25.0. The van der Waals surface area contributed by atoms with Gasteiger partial charge in [-0.3, -0.25) is 0 Å². The molecular formula is C8H14F2. The van der Waals surface area contributed by atoms with Crippen molar-refractivity contribution in [3.05, 3.63) is 11.6 Å². The first kappa shape index (κ1) is 9.60. The van der Waals surface area contributed by atoms with Crippen LogP contribution in [0.1, 0.15) is 33.6 Å². The first-order valence-electron chi connectivity index (χ1n) is 3.59. The number of rotatable bonds is 3. The molecule has 2 heteroatoms. The fourth-order valence-electron chi connectivity index (χ4n) is 0.880. The normalized spacial score (nSPS) is 13.9. The van der Waals surface area contributed by atoms with Crippen molar-refractivity contribution in [3.8, 4) is 0 Å². The molecule has 0 N–H and O–H groups in total. The average Bonchev–Trinajstić information content (AvgIpc) is 1.80. The fraction of sp³-hybridized carbons (Fsp3) is 0.750. The predicted molar refractivity (Wildman–Crippen MR) is 39.3 cm³/mol. The lowest BCUT2D eigenvalue weighted by Gasteiger charge is -2.12. The molecule has 0 aromatic rings. The zero-order valence-corrected chi connectivity index (χ0v) is 6.75. The van der Waals surface area contributed by atoms with Crippen molar-refractivity contribution >= 4 is 0 Å². The predicted octanol–water partition coefficient (Wildman–Crippen LogP) is 3.39. The number of allylic oxidation sites excluding steroid dienone is 2. The molecule has 0 nitrogen and oxygen atoms in total. The summed E-state index contributed by atoms with van der Waals surface area (Å²) in [5.41, 5.74) is 0.245. The molecule has 0 aromatic carbocycles. The van der Waals surface area contributed by atoms with Gasteiger partial charge in [0.25, 0.3) is 5.92 Å². The molecule has 60 valence electrons. The van der Waals surface area contributed by atoms with Crippen LogP contribution in [0.2, 0.25) is 0 Å². The SMILES string of the molecule is CC/C=C(/CC)C(C)(F)F. The van der Waals surface area contributed by atoms with Crippen molar-refractivity contribution < 1.29 is 8.78 Å². The molecule has 0 aliphatic heterocycles. The molecule has 10 heavy (non-hydrogen) atoms. The van der Waals surface area contributed by atoms with E-state index in [4.69, 9.17) is 0 Å². The van der Waals surface area contributed by atoms with E-state index in [-0.39, 0.29) is 5.57 Å². The zero-order valence-electron chi connectivity index (χ0n) is 6.75. The maximum atomic E-state index is 12.5. The largest absolute Gasteiger partial charge is 0.266 e. The third kappa shape index (κ3) is 2.95. The molecule has 0 aromatic heterocycles. The third-order valence-electron chi connectivity index (χ3n) is 1.40. The lowest BCUT2D eigenvalue weighted by atomic mass is 10.1.